The van der Waals surface area contributed by atoms with E-state index in [1.54, 1.807) is 6.92 Å². The molecule has 0 spiro atoms. The fourth-order valence-electron chi connectivity index (χ4n) is 4.88. The molecule has 1 aliphatic rings. The van der Waals surface area contributed by atoms with E-state index >= 15 is 0 Å². The summed E-state index contributed by atoms with van der Waals surface area (Å²) >= 11 is 2.53. The molecule has 1 aromatic carbocycles. The highest BCUT2D eigenvalue weighted by molar-refractivity contribution is 7.21. The quantitative estimate of drug-likeness (QED) is 0.255. The van der Waals surface area contributed by atoms with Gasteiger partial charge in [0.25, 0.3) is 5.91 Å². The van der Waals surface area contributed by atoms with Crippen LogP contribution in [0.5, 0.6) is 0 Å². The maximum atomic E-state index is 13.6. The maximum absolute atomic E-state index is 13.6. The van der Waals surface area contributed by atoms with Gasteiger partial charge in [0.15, 0.2) is 0 Å². The summed E-state index contributed by atoms with van der Waals surface area (Å²) in [5.41, 5.74) is 17.1. The van der Waals surface area contributed by atoms with E-state index < -0.39 is 11.9 Å². The Morgan fingerprint density at radius 2 is 1.87 bits per heavy atom. The van der Waals surface area contributed by atoms with Crippen molar-refractivity contribution in [3.8, 4) is 17.2 Å². The Labute approximate surface area is 228 Å². The van der Waals surface area contributed by atoms with Crippen molar-refractivity contribution in [2.45, 2.75) is 46.0 Å². The summed E-state index contributed by atoms with van der Waals surface area (Å²) in [5, 5.41) is 13.8. The zero-order valence-electron chi connectivity index (χ0n) is 21.1. The van der Waals surface area contributed by atoms with Crippen LogP contribution < -0.4 is 16.8 Å². The van der Waals surface area contributed by atoms with Gasteiger partial charge in [0.1, 0.15) is 32.2 Å². The molecule has 38 heavy (non-hydrogen) atoms. The van der Waals surface area contributed by atoms with Gasteiger partial charge in [-0.25, -0.2) is 9.78 Å². The SMILES string of the molecule is CCOC(=O)c1c(NC(=O)c2sc3nc(N)c(C#N)c(-c4ccc(CC)cc4)c3c2N)sc2c1CCCC2. The van der Waals surface area contributed by atoms with Gasteiger partial charge in [0.2, 0.25) is 0 Å². The Hall–Kier alpha value is -3.94. The number of benzene rings is 1. The number of nitrogens with one attached hydrogen (secondary N) is 1. The molecule has 4 aromatic rings. The van der Waals surface area contributed by atoms with Crippen molar-refractivity contribution in [3.63, 3.8) is 0 Å². The third-order valence-electron chi connectivity index (χ3n) is 6.75. The van der Waals surface area contributed by atoms with E-state index in [1.165, 1.54) is 11.3 Å². The van der Waals surface area contributed by atoms with Crippen LogP contribution in [0.15, 0.2) is 24.3 Å². The molecule has 0 unspecified atom stereocenters. The Balaban J connectivity index is 1.61. The molecular weight excluding hydrogens is 518 g/mol. The lowest BCUT2D eigenvalue weighted by Gasteiger charge is -2.12. The molecule has 194 valence electrons. The normalized spacial score (nSPS) is 12.7. The van der Waals surface area contributed by atoms with E-state index in [1.807, 2.05) is 24.3 Å². The van der Waals surface area contributed by atoms with Gasteiger partial charge in [0, 0.05) is 15.8 Å². The Morgan fingerprint density at radius 3 is 2.55 bits per heavy atom. The minimum absolute atomic E-state index is 0.0818. The second-order valence-electron chi connectivity index (χ2n) is 9.02. The van der Waals surface area contributed by atoms with E-state index in [4.69, 9.17) is 16.2 Å². The first-order valence-corrected chi connectivity index (χ1v) is 14.1. The first-order valence-electron chi connectivity index (χ1n) is 12.5. The van der Waals surface area contributed by atoms with Gasteiger partial charge in [-0.05, 0) is 55.7 Å². The molecule has 0 bridgehead atoms. The van der Waals surface area contributed by atoms with Gasteiger partial charge in [-0.2, -0.15) is 5.26 Å². The highest BCUT2D eigenvalue weighted by Crippen LogP contribution is 2.44. The van der Waals surface area contributed by atoms with E-state index in [0.717, 1.165) is 65.0 Å². The monoisotopic (exact) mass is 545 g/mol. The summed E-state index contributed by atoms with van der Waals surface area (Å²) in [6.45, 7) is 4.07. The molecule has 0 atom stereocenters. The molecule has 0 aliphatic heterocycles. The number of esters is 1. The number of pyridine rings is 1. The van der Waals surface area contributed by atoms with E-state index in [0.29, 0.717) is 26.3 Å². The van der Waals surface area contributed by atoms with Crippen LogP contribution in [0.2, 0.25) is 0 Å². The number of nitrogens with zero attached hydrogens (tertiary/aromatic N) is 2. The fraction of sp³-hybridized carbons (Fsp3) is 0.286. The van der Waals surface area contributed by atoms with Crippen LogP contribution in [-0.2, 0) is 24.0 Å². The summed E-state index contributed by atoms with van der Waals surface area (Å²) in [7, 11) is 0. The lowest BCUT2D eigenvalue weighted by molar-refractivity contribution is 0.0526. The number of aryl methyl sites for hydroxylation is 2. The third kappa shape index (κ3) is 4.38. The van der Waals surface area contributed by atoms with Crippen molar-refractivity contribution in [3.05, 3.63) is 56.3 Å². The van der Waals surface area contributed by atoms with Crippen molar-refractivity contribution >= 4 is 61.3 Å². The van der Waals surface area contributed by atoms with Crippen LogP contribution in [0.1, 0.15) is 68.3 Å². The van der Waals surface area contributed by atoms with Gasteiger partial charge in [-0.3, -0.25) is 4.79 Å². The van der Waals surface area contributed by atoms with Gasteiger partial charge >= 0.3 is 5.97 Å². The Kier molecular flexibility index (Phi) is 7.06. The van der Waals surface area contributed by atoms with Crippen LogP contribution >= 0.6 is 22.7 Å². The van der Waals surface area contributed by atoms with Crippen LogP contribution in [-0.4, -0.2) is 23.5 Å². The number of nitrogen functional groups attached to an aromatic ring is 2. The molecule has 1 amide bonds. The summed E-state index contributed by atoms with van der Waals surface area (Å²) in [4.78, 5) is 32.6. The molecule has 3 heterocycles. The number of thiophene rings is 2. The molecule has 8 nitrogen and oxygen atoms in total. The topological polar surface area (TPSA) is 144 Å². The van der Waals surface area contributed by atoms with Gasteiger partial charge in [-0.15, -0.1) is 22.7 Å². The van der Waals surface area contributed by atoms with Gasteiger partial charge < -0.3 is 21.5 Å². The number of aromatic nitrogens is 1. The predicted octanol–water partition coefficient (Wildman–Crippen LogP) is 5.93. The van der Waals surface area contributed by atoms with Crippen molar-refractivity contribution in [1.82, 2.24) is 4.98 Å². The molecule has 5 rings (SSSR count). The highest BCUT2D eigenvalue weighted by atomic mass is 32.1. The zero-order valence-corrected chi connectivity index (χ0v) is 22.8. The minimum atomic E-state index is -0.445. The maximum Gasteiger partial charge on any atom is 0.341 e. The summed E-state index contributed by atoms with van der Waals surface area (Å²) in [6, 6.07) is 9.99. The minimum Gasteiger partial charge on any atom is -0.462 e. The highest BCUT2D eigenvalue weighted by Gasteiger charge is 2.29. The van der Waals surface area contributed by atoms with Crippen LogP contribution in [0.3, 0.4) is 0 Å². The number of nitrogens with two attached hydrogens (primary N) is 2. The van der Waals surface area contributed by atoms with Crippen LogP contribution in [0.4, 0.5) is 16.5 Å². The predicted molar refractivity (Wildman–Crippen MR) is 153 cm³/mol. The number of rotatable bonds is 6. The molecule has 10 heteroatoms. The molecule has 1 aliphatic carbocycles. The van der Waals surface area contributed by atoms with E-state index in [9.17, 15) is 14.9 Å². The fourth-order valence-corrected chi connectivity index (χ4v) is 7.16. The van der Waals surface area contributed by atoms with E-state index in [2.05, 4.69) is 23.3 Å². The largest absolute Gasteiger partial charge is 0.462 e. The molecule has 0 saturated carbocycles. The summed E-state index contributed by atoms with van der Waals surface area (Å²) < 4.78 is 5.31. The summed E-state index contributed by atoms with van der Waals surface area (Å²) in [5.74, 6) is -0.797. The van der Waals surface area contributed by atoms with Crippen molar-refractivity contribution in [2.24, 2.45) is 0 Å². The molecule has 0 saturated heterocycles. The average molecular weight is 546 g/mol. The number of hydrogen-bond acceptors (Lipinski definition) is 9. The van der Waals surface area contributed by atoms with E-state index in [-0.39, 0.29) is 28.6 Å². The first-order chi connectivity index (χ1) is 18.4. The molecule has 0 fully saturated rings. The molecule has 3 aromatic heterocycles. The van der Waals surface area contributed by atoms with Gasteiger partial charge in [-0.1, -0.05) is 31.2 Å². The number of carbonyl (C=O) groups is 2. The number of carbonyl (C=O) groups excluding carboxylic acids is 2. The zero-order chi connectivity index (χ0) is 27.0. The van der Waals surface area contributed by atoms with Crippen molar-refractivity contribution in [2.75, 3.05) is 23.4 Å². The smallest absolute Gasteiger partial charge is 0.341 e. The standard InChI is InChI=1S/C28H27N5O3S2/c1-3-14-9-11-15(12-10-14)19-17(13-29)24(31)32-27-21(19)22(30)23(38-27)25(34)33-26-20(28(35)36-4-2)16-7-5-6-8-18(16)37-26/h9-12H,3-8,30H2,1-2H3,(H2,31,32)(H,33,34). The van der Waals surface area contributed by atoms with Gasteiger partial charge in [0.05, 0.1) is 17.9 Å². The number of amides is 1. The average Bonchev–Trinajstić information content (AvgIpc) is 3.44. The second kappa shape index (κ2) is 10.4. The molecule has 0 radical (unpaired) electrons. The Bertz CT molecular complexity index is 1610. The van der Waals surface area contributed by atoms with Crippen LogP contribution in [0, 0.1) is 11.3 Å². The van der Waals surface area contributed by atoms with Crippen molar-refractivity contribution in [1.29, 1.82) is 5.26 Å². The van der Waals surface area contributed by atoms with Crippen molar-refractivity contribution < 1.29 is 14.3 Å². The lowest BCUT2D eigenvalue weighted by atomic mass is 9.95. The first kappa shape index (κ1) is 25.7. The third-order valence-corrected chi connectivity index (χ3v) is 9.06. The number of anilines is 3. The molecule has 5 N–H and O–H groups in total. The van der Waals surface area contributed by atoms with Crippen LogP contribution in [0.25, 0.3) is 21.3 Å². The number of fused-ring (bicyclic) bond motifs is 2. The Morgan fingerprint density at radius 1 is 1.13 bits per heavy atom. The number of ether oxygens (including phenoxy) is 1. The number of hydrogen-bond donors (Lipinski definition) is 3. The lowest BCUT2D eigenvalue weighted by Crippen LogP contribution is -2.15. The second-order valence-corrected chi connectivity index (χ2v) is 11.1. The summed E-state index contributed by atoms with van der Waals surface area (Å²) in [6.07, 6.45) is 4.56. The molecular formula is C28H27N5O3S2. The number of nitriles is 1.